The van der Waals surface area contributed by atoms with Crippen molar-refractivity contribution in [1.29, 1.82) is 5.26 Å². The van der Waals surface area contributed by atoms with Gasteiger partial charge < -0.3 is 4.74 Å². The van der Waals surface area contributed by atoms with Gasteiger partial charge in [-0.05, 0) is 86.5 Å². The van der Waals surface area contributed by atoms with E-state index in [4.69, 9.17) is 10.00 Å². The van der Waals surface area contributed by atoms with Crippen LogP contribution >= 0.6 is 0 Å². The summed E-state index contributed by atoms with van der Waals surface area (Å²) in [6.45, 7) is 3.11. The molecule has 0 heterocycles. The highest BCUT2D eigenvalue weighted by molar-refractivity contribution is 5.34. The number of benzene rings is 1. The van der Waals surface area contributed by atoms with Crippen LogP contribution in [0.4, 0.5) is 0 Å². The van der Waals surface area contributed by atoms with Gasteiger partial charge in [0.25, 0.3) is 0 Å². The molecule has 160 valence electrons. The third-order valence-electron chi connectivity index (χ3n) is 7.67. The normalized spacial score (nSPS) is 27.3. The molecule has 2 nitrogen and oxygen atoms in total. The number of nitriles is 1. The third-order valence-corrected chi connectivity index (χ3v) is 7.67. The number of ether oxygens (including phenoxy) is 1. The standard InChI is InChI=1S/C27H41NO/c1-2-3-4-6-22-8-14-25(15-9-22)26-16-10-23(11-17-26)7-5-20-29-27-18-12-24(21-28)13-19-27/h12-13,18-19,22-23,25-26H,2-11,14-17,20H2,1H3/t22-,23?,25-,26?. The van der Waals surface area contributed by atoms with Gasteiger partial charge in [0.2, 0.25) is 0 Å². The molecule has 0 aromatic heterocycles. The Balaban J connectivity index is 1.25. The molecule has 0 radical (unpaired) electrons. The maximum absolute atomic E-state index is 8.85. The first-order valence-electron chi connectivity index (χ1n) is 12.4. The molecule has 0 spiro atoms. The molecule has 0 unspecified atom stereocenters. The molecule has 0 N–H and O–H groups in total. The Bertz CT molecular complexity index is 600. The van der Waals surface area contributed by atoms with Crippen LogP contribution < -0.4 is 4.74 Å². The van der Waals surface area contributed by atoms with Gasteiger partial charge in [0.15, 0.2) is 0 Å². The predicted molar refractivity (Wildman–Crippen MR) is 121 cm³/mol. The van der Waals surface area contributed by atoms with Gasteiger partial charge in [-0.25, -0.2) is 0 Å². The van der Waals surface area contributed by atoms with Crippen LogP contribution in [0.5, 0.6) is 5.75 Å². The summed E-state index contributed by atoms with van der Waals surface area (Å²) in [5, 5.41) is 8.85. The summed E-state index contributed by atoms with van der Waals surface area (Å²) in [7, 11) is 0. The first kappa shape index (κ1) is 22.2. The summed E-state index contributed by atoms with van der Waals surface area (Å²) >= 11 is 0. The van der Waals surface area contributed by atoms with Gasteiger partial charge in [0.1, 0.15) is 5.75 Å². The van der Waals surface area contributed by atoms with Crippen LogP contribution in [0.25, 0.3) is 0 Å². The highest BCUT2D eigenvalue weighted by Gasteiger charge is 2.30. The molecule has 0 aliphatic heterocycles. The van der Waals surface area contributed by atoms with Crippen molar-refractivity contribution < 1.29 is 4.74 Å². The van der Waals surface area contributed by atoms with Crippen LogP contribution in [0.2, 0.25) is 0 Å². The molecule has 2 aliphatic rings. The Labute approximate surface area is 179 Å². The van der Waals surface area contributed by atoms with Gasteiger partial charge in [0, 0.05) is 0 Å². The van der Waals surface area contributed by atoms with E-state index in [9.17, 15) is 0 Å². The van der Waals surface area contributed by atoms with Crippen LogP contribution in [-0.4, -0.2) is 6.61 Å². The molecule has 2 saturated carbocycles. The summed E-state index contributed by atoms with van der Waals surface area (Å²) in [5.41, 5.74) is 0.694. The lowest BCUT2D eigenvalue weighted by Crippen LogP contribution is -2.26. The van der Waals surface area contributed by atoms with E-state index in [2.05, 4.69) is 13.0 Å². The Kier molecular flexibility index (Phi) is 9.39. The van der Waals surface area contributed by atoms with Crippen molar-refractivity contribution in [1.82, 2.24) is 0 Å². The molecule has 2 fully saturated rings. The quantitative estimate of drug-likeness (QED) is 0.377. The molecule has 0 atom stereocenters. The highest BCUT2D eigenvalue weighted by atomic mass is 16.5. The number of nitrogens with zero attached hydrogens (tertiary/aromatic N) is 1. The molecule has 1 aromatic rings. The minimum Gasteiger partial charge on any atom is -0.494 e. The fraction of sp³-hybridized carbons (Fsp3) is 0.741. The maximum Gasteiger partial charge on any atom is 0.119 e. The van der Waals surface area contributed by atoms with E-state index in [1.165, 1.54) is 83.5 Å². The number of hydrogen-bond acceptors (Lipinski definition) is 2. The lowest BCUT2D eigenvalue weighted by molar-refractivity contribution is 0.138. The van der Waals surface area contributed by atoms with Gasteiger partial charge in [-0.2, -0.15) is 5.26 Å². The zero-order valence-corrected chi connectivity index (χ0v) is 18.6. The second-order valence-corrected chi connectivity index (χ2v) is 9.68. The molecule has 0 amide bonds. The second-order valence-electron chi connectivity index (χ2n) is 9.68. The third kappa shape index (κ3) is 7.36. The van der Waals surface area contributed by atoms with Crippen molar-refractivity contribution >= 4 is 0 Å². The van der Waals surface area contributed by atoms with Gasteiger partial charge in [-0.1, -0.05) is 58.3 Å². The lowest BCUT2D eigenvalue weighted by atomic mass is 9.68. The number of rotatable bonds is 10. The first-order chi connectivity index (χ1) is 14.3. The number of hydrogen-bond donors (Lipinski definition) is 0. The molecule has 0 bridgehead atoms. The first-order valence-corrected chi connectivity index (χ1v) is 12.4. The fourth-order valence-corrected chi connectivity index (χ4v) is 5.77. The topological polar surface area (TPSA) is 33.0 Å². The summed E-state index contributed by atoms with van der Waals surface area (Å²) in [4.78, 5) is 0. The largest absolute Gasteiger partial charge is 0.494 e. The minimum absolute atomic E-state index is 0.694. The molecule has 3 rings (SSSR count). The van der Waals surface area contributed by atoms with Crippen LogP contribution in [0, 0.1) is 35.0 Å². The monoisotopic (exact) mass is 395 g/mol. The van der Waals surface area contributed by atoms with E-state index in [-0.39, 0.29) is 0 Å². The molecular formula is C27H41NO. The van der Waals surface area contributed by atoms with Crippen molar-refractivity contribution in [2.45, 2.75) is 96.8 Å². The van der Waals surface area contributed by atoms with Crippen molar-refractivity contribution in [2.75, 3.05) is 6.61 Å². The van der Waals surface area contributed by atoms with Gasteiger partial charge in [-0.3, -0.25) is 0 Å². The lowest BCUT2D eigenvalue weighted by Gasteiger charge is -2.38. The maximum atomic E-state index is 8.85. The van der Waals surface area contributed by atoms with Crippen LogP contribution in [0.1, 0.15) is 102 Å². The summed E-state index contributed by atoms with van der Waals surface area (Å²) in [6.07, 6.45) is 20.1. The summed E-state index contributed by atoms with van der Waals surface area (Å²) in [5.74, 6) is 4.92. The molecular weight excluding hydrogens is 354 g/mol. The van der Waals surface area contributed by atoms with Crippen LogP contribution in [-0.2, 0) is 0 Å². The molecule has 29 heavy (non-hydrogen) atoms. The van der Waals surface area contributed by atoms with Crippen molar-refractivity contribution in [3.8, 4) is 11.8 Å². The van der Waals surface area contributed by atoms with Gasteiger partial charge in [-0.15, -0.1) is 0 Å². The Morgan fingerprint density at radius 2 is 1.34 bits per heavy atom. The van der Waals surface area contributed by atoms with E-state index in [1.54, 1.807) is 0 Å². The van der Waals surface area contributed by atoms with E-state index in [1.807, 2.05) is 24.3 Å². The molecule has 0 saturated heterocycles. The smallest absolute Gasteiger partial charge is 0.119 e. The minimum atomic E-state index is 0.694. The van der Waals surface area contributed by atoms with E-state index < -0.39 is 0 Å². The average Bonchev–Trinajstić information content (AvgIpc) is 2.78. The van der Waals surface area contributed by atoms with Crippen LogP contribution in [0.3, 0.4) is 0 Å². The Morgan fingerprint density at radius 3 is 1.86 bits per heavy atom. The van der Waals surface area contributed by atoms with Gasteiger partial charge in [0.05, 0.1) is 18.2 Å². The predicted octanol–water partition coefficient (Wildman–Crippen LogP) is 7.91. The van der Waals surface area contributed by atoms with Crippen molar-refractivity contribution in [2.24, 2.45) is 23.7 Å². The highest BCUT2D eigenvalue weighted by Crippen LogP contribution is 2.43. The van der Waals surface area contributed by atoms with Crippen molar-refractivity contribution in [3.63, 3.8) is 0 Å². The van der Waals surface area contributed by atoms with E-state index in [0.29, 0.717) is 5.56 Å². The molecule has 2 aliphatic carbocycles. The second kappa shape index (κ2) is 12.3. The van der Waals surface area contributed by atoms with Crippen molar-refractivity contribution in [3.05, 3.63) is 29.8 Å². The zero-order chi connectivity index (χ0) is 20.3. The van der Waals surface area contributed by atoms with E-state index in [0.717, 1.165) is 42.4 Å². The van der Waals surface area contributed by atoms with Gasteiger partial charge >= 0.3 is 0 Å². The van der Waals surface area contributed by atoms with E-state index >= 15 is 0 Å². The molecule has 1 aromatic carbocycles. The molecule has 2 heteroatoms. The number of unbranched alkanes of at least 4 members (excludes halogenated alkanes) is 2. The summed E-state index contributed by atoms with van der Waals surface area (Å²) < 4.78 is 5.85. The SMILES string of the molecule is CCCCC[C@H]1CC[C@H](C2CCC(CCCOc3ccc(C#N)cc3)CC2)CC1. The Hall–Kier alpha value is -1.49. The average molecular weight is 396 g/mol. The van der Waals surface area contributed by atoms with Crippen LogP contribution in [0.15, 0.2) is 24.3 Å². The summed E-state index contributed by atoms with van der Waals surface area (Å²) in [6, 6.07) is 9.62. The zero-order valence-electron chi connectivity index (χ0n) is 18.6. The fourth-order valence-electron chi connectivity index (χ4n) is 5.77. The Morgan fingerprint density at radius 1 is 0.793 bits per heavy atom.